The predicted molar refractivity (Wildman–Crippen MR) is 76.1 cm³/mol. The van der Waals surface area contributed by atoms with E-state index in [4.69, 9.17) is 0 Å². The molecule has 4 atom stereocenters. The second-order valence-electron chi connectivity index (χ2n) is 6.25. The van der Waals surface area contributed by atoms with Gasteiger partial charge in [-0.15, -0.1) is 0 Å². The third kappa shape index (κ3) is 1.30. The number of para-hydroxylation sites is 1. The zero-order valence-corrected chi connectivity index (χ0v) is 11.7. The Morgan fingerprint density at radius 2 is 1.45 bits per heavy atom. The van der Waals surface area contributed by atoms with Crippen molar-refractivity contribution in [3.05, 3.63) is 41.5 Å². The summed E-state index contributed by atoms with van der Waals surface area (Å²) in [6.07, 6.45) is 5.24. The first-order valence-electron chi connectivity index (χ1n) is 7.22. The largest absolute Gasteiger partial charge is 0.274 e. The fourth-order valence-electron chi connectivity index (χ4n) is 4.28. The van der Waals surface area contributed by atoms with Crippen molar-refractivity contribution in [3.8, 4) is 0 Å². The molecule has 1 saturated carbocycles. The van der Waals surface area contributed by atoms with E-state index in [1.54, 1.807) is 0 Å². The molecule has 3 heteroatoms. The topological polar surface area (TPSA) is 37.4 Å². The molecule has 1 aliphatic heterocycles. The second-order valence-corrected chi connectivity index (χ2v) is 6.25. The van der Waals surface area contributed by atoms with Crippen LogP contribution in [0.4, 0.5) is 5.69 Å². The minimum Gasteiger partial charge on any atom is -0.274 e. The normalized spacial score (nSPS) is 34.2. The van der Waals surface area contributed by atoms with Crippen molar-refractivity contribution >= 4 is 17.5 Å². The number of carbonyl (C=O) groups excluding carboxylic acids is 2. The van der Waals surface area contributed by atoms with Crippen molar-refractivity contribution in [3.63, 3.8) is 0 Å². The zero-order chi connectivity index (χ0) is 14.0. The van der Waals surface area contributed by atoms with Crippen LogP contribution in [0, 0.1) is 37.5 Å². The molecular weight excluding hydrogens is 250 g/mol. The van der Waals surface area contributed by atoms with Gasteiger partial charge in [-0.1, -0.05) is 30.4 Å². The third-order valence-electron chi connectivity index (χ3n) is 5.13. The molecule has 3 aliphatic rings. The maximum absolute atomic E-state index is 12.8. The minimum atomic E-state index is -0.114. The van der Waals surface area contributed by atoms with Gasteiger partial charge in [-0.3, -0.25) is 9.59 Å². The molecule has 1 aromatic carbocycles. The molecule has 2 amide bonds. The number of benzene rings is 1. The molecule has 0 radical (unpaired) electrons. The van der Waals surface area contributed by atoms with E-state index in [0.29, 0.717) is 0 Å². The molecule has 0 unspecified atom stereocenters. The summed E-state index contributed by atoms with van der Waals surface area (Å²) in [5, 5.41) is 0. The lowest BCUT2D eigenvalue weighted by Gasteiger charge is -2.21. The quantitative estimate of drug-likeness (QED) is 0.579. The molecule has 1 aromatic rings. The van der Waals surface area contributed by atoms with Crippen LogP contribution in [0.5, 0.6) is 0 Å². The Morgan fingerprint density at radius 1 is 0.950 bits per heavy atom. The summed E-state index contributed by atoms with van der Waals surface area (Å²) >= 11 is 0. The summed E-state index contributed by atoms with van der Waals surface area (Å²) in [7, 11) is 0. The van der Waals surface area contributed by atoms with E-state index in [0.717, 1.165) is 23.2 Å². The molecule has 20 heavy (non-hydrogen) atoms. The molecule has 2 aliphatic carbocycles. The Balaban J connectivity index is 1.82. The van der Waals surface area contributed by atoms with Crippen molar-refractivity contribution in [2.24, 2.45) is 23.7 Å². The van der Waals surface area contributed by atoms with Gasteiger partial charge < -0.3 is 0 Å². The number of amides is 2. The first-order valence-corrected chi connectivity index (χ1v) is 7.22. The number of aryl methyl sites for hydroxylation is 2. The molecule has 0 aromatic heterocycles. The molecule has 1 heterocycles. The molecule has 2 bridgehead atoms. The number of hydrogen-bond acceptors (Lipinski definition) is 2. The highest BCUT2D eigenvalue weighted by Gasteiger charge is 2.59. The first-order chi connectivity index (χ1) is 9.59. The molecule has 1 saturated heterocycles. The second kappa shape index (κ2) is 3.81. The summed E-state index contributed by atoms with van der Waals surface area (Å²) in [5.74, 6) is 0.336. The van der Waals surface area contributed by atoms with Crippen LogP contribution in [0.2, 0.25) is 0 Å². The van der Waals surface area contributed by atoms with E-state index in [-0.39, 0.29) is 35.5 Å². The number of fused-ring (bicyclic) bond motifs is 5. The molecule has 0 spiro atoms. The third-order valence-corrected chi connectivity index (χ3v) is 5.13. The molecule has 3 nitrogen and oxygen atoms in total. The van der Waals surface area contributed by atoms with Crippen LogP contribution in [0.15, 0.2) is 30.4 Å². The summed E-state index contributed by atoms with van der Waals surface area (Å²) in [6, 6.07) is 5.89. The van der Waals surface area contributed by atoms with Gasteiger partial charge in [-0.25, -0.2) is 4.90 Å². The van der Waals surface area contributed by atoms with Crippen LogP contribution in [-0.4, -0.2) is 11.8 Å². The number of anilines is 1. The maximum Gasteiger partial charge on any atom is 0.238 e. The molecule has 0 N–H and O–H groups in total. The van der Waals surface area contributed by atoms with E-state index < -0.39 is 0 Å². The van der Waals surface area contributed by atoms with Crippen LogP contribution in [0.1, 0.15) is 17.5 Å². The lowest BCUT2D eigenvalue weighted by atomic mass is 9.85. The number of imide groups is 1. The fraction of sp³-hybridized carbons (Fsp3) is 0.412. The highest BCUT2D eigenvalue weighted by Crippen LogP contribution is 2.53. The number of nitrogens with zero attached hydrogens (tertiary/aromatic N) is 1. The summed E-state index contributed by atoms with van der Waals surface area (Å²) in [4.78, 5) is 27.0. The smallest absolute Gasteiger partial charge is 0.238 e. The molecule has 102 valence electrons. The van der Waals surface area contributed by atoms with Crippen LogP contribution in [-0.2, 0) is 9.59 Å². The SMILES string of the molecule is Cc1cccc(C)c1N1C(=O)[C@H]2[C@H](C1=O)[C@H]1C=C[C@H]2C1. The Kier molecular flexibility index (Phi) is 2.27. The molecule has 4 rings (SSSR count). The van der Waals surface area contributed by atoms with Crippen molar-refractivity contribution in [2.75, 3.05) is 4.90 Å². The van der Waals surface area contributed by atoms with Gasteiger partial charge in [0.05, 0.1) is 17.5 Å². The molecule has 2 fully saturated rings. The Morgan fingerprint density at radius 3 is 1.95 bits per heavy atom. The van der Waals surface area contributed by atoms with Crippen molar-refractivity contribution in [1.82, 2.24) is 0 Å². The lowest BCUT2D eigenvalue weighted by Crippen LogP contribution is -2.34. The minimum absolute atomic E-state index is 0.00856. The summed E-state index contributed by atoms with van der Waals surface area (Å²) in [5.41, 5.74) is 2.79. The van der Waals surface area contributed by atoms with Gasteiger partial charge in [0.1, 0.15) is 0 Å². The van der Waals surface area contributed by atoms with E-state index >= 15 is 0 Å². The van der Waals surface area contributed by atoms with E-state index in [2.05, 4.69) is 12.2 Å². The number of hydrogen-bond donors (Lipinski definition) is 0. The monoisotopic (exact) mass is 267 g/mol. The number of carbonyl (C=O) groups is 2. The maximum atomic E-state index is 12.8. The Labute approximate surface area is 118 Å². The van der Waals surface area contributed by atoms with Gasteiger partial charge in [0.2, 0.25) is 11.8 Å². The lowest BCUT2D eigenvalue weighted by molar-refractivity contribution is -0.123. The number of allylic oxidation sites excluding steroid dienone is 2. The Bertz CT molecular complexity index is 611. The standard InChI is InChI=1S/C17H17NO2/c1-9-4-3-5-10(2)15(9)18-16(19)13-11-6-7-12(8-11)14(13)17(18)20/h3-7,11-14H,8H2,1-2H3/t11-,12-,13+,14+/m0/s1. The van der Waals surface area contributed by atoms with Crippen molar-refractivity contribution in [2.45, 2.75) is 20.3 Å². The average Bonchev–Trinajstić information content (AvgIpc) is 3.07. The predicted octanol–water partition coefficient (Wildman–Crippen LogP) is 2.61. The summed E-state index contributed by atoms with van der Waals surface area (Å²) < 4.78 is 0. The van der Waals surface area contributed by atoms with Crippen LogP contribution >= 0.6 is 0 Å². The average molecular weight is 267 g/mol. The zero-order valence-electron chi connectivity index (χ0n) is 11.7. The van der Waals surface area contributed by atoms with Crippen molar-refractivity contribution < 1.29 is 9.59 Å². The summed E-state index contributed by atoms with van der Waals surface area (Å²) in [6.45, 7) is 3.92. The number of rotatable bonds is 1. The van der Waals surface area contributed by atoms with Gasteiger partial charge >= 0.3 is 0 Å². The van der Waals surface area contributed by atoms with Gasteiger partial charge in [0, 0.05) is 0 Å². The van der Waals surface area contributed by atoms with E-state index in [9.17, 15) is 9.59 Å². The van der Waals surface area contributed by atoms with E-state index in [1.165, 1.54) is 4.90 Å². The van der Waals surface area contributed by atoms with Crippen LogP contribution < -0.4 is 4.90 Å². The highest BCUT2D eigenvalue weighted by atomic mass is 16.2. The van der Waals surface area contributed by atoms with Crippen LogP contribution in [0.25, 0.3) is 0 Å². The Hall–Kier alpha value is -1.90. The van der Waals surface area contributed by atoms with Gasteiger partial charge in [-0.2, -0.15) is 0 Å². The van der Waals surface area contributed by atoms with Crippen LogP contribution in [0.3, 0.4) is 0 Å². The van der Waals surface area contributed by atoms with Gasteiger partial charge in [0.25, 0.3) is 0 Å². The van der Waals surface area contributed by atoms with Gasteiger partial charge in [-0.05, 0) is 43.2 Å². The van der Waals surface area contributed by atoms with E-state index in [1.807, 2.05) is 32.0 Å². The van der Waals surface area contributed by atoms with Gasteiger partial charge in [0.15, 0.2) is 0 Å². The van der Waals surface area contributed by atoms with Crippen molar-refractivity contribution in [1.29, 1.82) is 0 Å². The first kappa shape index (κ1) is 11.9. The highest BCUT2D eigenvalue weighted by molar-refractivity contribution is 6.23. The fourth-order valence-corrected chi connectivity index (χ4v) is 4.28. The molecular formula is C17H17NO2.